The largest absolute Gasteiger partial charge is 0.480 e. The van der Waals surface area contributed by atoms with Gasteiger partial charge in [-0.2, -0.15) is 0 Å². The van der Waals surface area contributed by atoms with Crippen LogP contribution in [0.2, 0.25) is 0 Å². The summed E-state index contributed by atoms with van der Waals surface area (Å²) >= 11 is 0. The lowest BCUT2D eigenvalue weighted by atomic mass is 9.85. The predicted molar refractivity (Wildman–Crippen MR) is 85.4 cm³/mol. The second-order valence-electron chi connectivity index (χ2n) is 7.71. The fourth-order valence-electron chi connectivity index (χ4n) is 3.68. The summed E-state index contributed by atoms with van der Waals surface area (Å²) in [6, 6.07) is 1.05. The highest BCUT2D eigenvalue weighted by Crippen LogP contribution is 2.28. The van der Waals surface area contributed by atoms with E-state index in [4.69, 9.17) is 0 Å². The number of aliphatic carboxylic acids is 1. The number of rotatable bonds is 7. The van der Waals surface area contributed by atoms with Crippen LogP contribution in [0.15, 0.2) is 0 Å². The van der Waals surface area contributed by atoms with Crippen molar-refractivity contribution in [3.8, 4) is 0 Å². The van der Waals surface area contributed by atoms with Gasteiger partial charge in [-0.15, -0.1) is 0 Å². The Morgan fingerprint density at radius 2 is 2.00 bits per heavy atom. The SMILES string of the molecule is CC1CC(C)C(C)N(CCCC(C)(NC2CC2)C(=O)O)C1. The van der Waals surface area contributed by atoms with Gasteiger partial charge in [-0.3, -0.25) is 10.1 Å². The van der Waals surface area contributed by atoms with Crippen LogP contribution in [-0.2, 0) is 4.79 Å². The Bertz CT molecular complexity index is 370. The molecule has 0 aromatic carbocycles. The molecule has 4 atom stereocenters. The number of hydrogen-bond acceptors (Lipinski definition) is 3. The minimum Gasteiger partial charge on any atom is -0.480 e. The highest BCUT2D eigenvalue weighted by atomic mass is 16.4. The van der Waals surface area contributed by atoms with E-state index in [0.717, 1.165) is 44.2 Å². The van der Waals surface area contributed by atoms with E-state index >= 15 is 0 Å². The quantitative estimate of drug-likeness (QED) is 0.758. The van der Waals surface area contributed by atoms with E-state index in [-0.39, 0.29) is 0 Å². The Morgan fingerprint density at radius 3 is 2.57 bits per heavy atom. The van der Waals surface area contributed by atoms with Gasteiger partial charge in [-0.05, 0) is 64.3 Å². The van der Waals surface area contributed by atoms with Crippen molar-refractivity contribution in [2.75, 3.05) is 13.1 Å². The first kappa shape index (κ1) is 16.8. The van der Waals surface area contributed by atoms with Crippen molar-refractivity contribution < 1.29 is 9.90 Å². The smallest absolute Gasteiger partial charge is 0.323 e. The van der Waals surface area contributed by atoms with Gasteiger partial charge in [0.2, 0.25) is 0 Å². The van der Waals surface area contributed by atoms with Crippen molar-refractivity contribution in [2.24, 2.45) is 11.8 Å². The third-order valence-electron chi connectivity index (χ3n) is 5.41. The summed E-state index contributed by atoms with van der Waals surface area (Å²) in [5.41, 5.74) is -0.753. The highest BCUT2D eigenvalue weighted by molar-refractivity contribution is 5.78. The molecule has 0 aromatic rings. The number of hydrogen-bond donors (Lipinski definition) is 2. The molecule has 2 aliphatic rings. The van der Waals surface area contributed by atoms with E-state index < -0.39 is 11.5 Å². The second kappa shape index (κ2) is 6.66. The Labute approximate surface area is 129 Å². The van der Waals surface area contributed by atoms with Gasteiger partial charge in [0.15, 0.2) is 0 Å². The van der Waals surface area contributed by atoms with Crippen LogP contribution in [0.1, 0.15) is 59.8 Å². The third-order valence-corrected chi connectivity index (χ3v) is 5.41. The first-order chi connectivity index (χ1) is 9.82. The molecule has 2 rings (SSSR count). The molecule has 0 radical (unpaired) electrons. The van der Waals surface area contributed by atoms with E-state index in [1.165, 1.54) is 6.42 Å². The fraction of sp³-hybridized carbons (Fsp3) is 0.941. The molecule has 0 amide bonds. The molecule has 4 nitrogen and oxygen atoms in total. The van der Waals surface area contributed by atoms with Crippen molar-refractivity contribution in [1.29, 1.82) is 0 Å². The van der Waals surface area contributed by atoms with E-state index in [1.54, 1.807) is 0 Å². The van der Waals surface area contributed by atoms with Crippen LogP contribution in [0.4, 0.5) is 0 Å². The molecule has 1 saturated heterocycles. The van der Waals surface area contributed by atoms with Crippen molar-refractivity contribution in [2.45, 2.75) is 77.4 Å². The molecule has 122 valence electrons. The van der Waals surface area contributed by atoms with Gasteiger partial charge in [0, 0.05) is 18.6 Å². The number of carbonyl (C=O) groups is 1. The monoisotopic (exact) mass is 296 g/mol. The van der Waals surface area contributed by atoms with Gasteiger partial charge in [-0.1, -0.05) is 13.8 Å². The third kappa shape index (κ3) is 4.43. The first-order valence-corrected chi connectivity index (χ1v) is 8.57. The zero-order chi connectivity index (χ0) is 15.6. The molecule has 1 heterocycles. The van der Waals surface area contributed by atoms with E-state index in [1.807, 2.05) is 6.92 Å². The van der Waals surface area contributed by atoms with Crippen LogP contribution >= 0.6 is 0 Å². The first-order valence-electron chi connectivity index (χ1n) is 8.57. The zero-order valence-corrected chi connectivity index (χ0v) is 14.1. The summed E-state index contributed by atoms with van der Waals surface area (Å²) in [4.78, 5) is 14.1. The number of carboxylic acid groups (broad SMARTS) is 1. The lowest BCUT2D eigenvalue weighted by Crippen LogP contribution is -2.51. The van der Waals surface area contributed by atoms with Crippen molar-refractivity contribution in [3.05, 3.63) is 0 Å². The Kier molecular flexibility index (Phi) is 5.31. The van der Waals surface area contributed by atoms with Crippen LogP contribution in [0.3, 0.4) is 0 Å². The molecular formula is C17H32N2O2. The normalized spacial score (nSPS) is 33.6. The fourth-order valence-corrected chi connectivity index (χ4v) is 3.68. The molecule has 0 aromatic heterocycles. The summed E-state index contributed by atoms with van der Waals surface area (Å²) in [6.45, 7) is 11.0. The van der Waals surface area contributed by atoms with Crippen molar-refractivity contribution >= 4 is 5.97 Å². The number of piperidine rings is 1. The van der Waals surface area contributed by atoms with E-state index in [9.17, 15) is 9.90 Å². The maximum Gasteiger partial charge on any atom is 0.323 e. The summed E-state index contributed by atoms with van der Waals surface area (Å²) in [7, 11) is 0. The highest BCUT2D eigenvalue weighted by Gasteiger charge is 2.38. The van der Waals surface area contributed by atoms with Gasteiger partial charge < -0.3 is 10.0 Å². The molecule has 4 unspecified atom stereocenters. The number of nitrogens with one attached hydrogen (secondary N) is 1. The Balaban J connectivity index is 1.82. The Hall–Kier alpha value is -0.610. The molecular weight excluding hydrogens is 264 g/mol. The van der Waals surface area contributed by atoms with Gasteiger partial charge in [0.1, 0.15) is 5.54 Å². The minimum absolute atomic E-state index is 0.431. The lowest BCUT2D eigenvalue weighted by Gasteiger charge is -2.41. The maximum absolute atomic E-state index is 11.6. The van der Waals surface area contributed by atoms with Gasteiger partial charge in [0.05, 0.1) is 0 Å². The lowest BCUT2D eigenvalue weighted by molar-refractivity contribution is -0.144. The minimum atomic E-state index is -0.753. The van der Waals surface area contributed by atoms with E-state index in [0.29, 0.717) is 18.5 Å². The van der Waals surface area contributed by atoms with Crippen LogP contribution in [0.5, 0.6) is 0 Å². The molecule has 1 aliphatic carbocycles. The van der Waals surface area contributed by atoms with Gasteiger partial charge >= 0.3 is 5.97 Å². The molecule has 21 heavy (non-hydrogen) atoms. The second-order valence-corrected chi connectivity index (χ2v) is 7.71. The summed E-state index contributed by atoms with van der Waals surface area (Å²) in [5.74, 6) is 0.790. The van der Waals surface area contributed by atoms with Gasteiger partial charge in [0.25, 0.3) is 0 Å². The summed E-state index contributed by atoms with van der Waals surface area (Å²) < 4.78 is 0. The average Bonchev–Trinajstić information content (AvgIpc) is 3.18. The van der Waals surface area contributed by atoms with Gasteiger partial charge in [-0.25, -0.2) is 0 Å². The van der Waals surface area contributed by atoms with Crippen LogP contribution in [0, 0.1) is 11.8 Å². The molecule has 0 bridgehead atoms. The van der Waals surface area contributed by atoms with Crippen molar-refractivity contribution in [3.63, 3.8) is 0 Å². The molecule has 2 fully saturated rings. The Morgan fingerprint density at radius 1 is 1.33 bits per heavy atom. The number of carboxylic acids is 1. The van der Waals surface area contributed by atoms with Crippen LogP contribution in [-0.4, -0.2) is 46.7 Å². The number of nitrogens with zero attached hydrogens (tertiary/aromatic N) is 1. The van der Waals surface area contributed by atoms with Crippen LogP contribution < -0.4 is 5.32 Å². The molecule has 1 aliphatic heterocycles. The summed E-state index contributed by atoms with van der Waals surface area (Å²) in [5, 5.41) is 12.8. The average molecular weight is 296 g/mol. The zero-order valence-electron chi connectivity index (χ0n) is 14.1. The van der Waals surface area contributed by atoms with Crippen LogP contribution in [0.25, 0.3) is 0 Å². The molecule has 1 saturated carbocycles. The van der Waals surface area contributed by atoms with Crippen molar-refractivity contribution in [1.82, 2.24) is 10.2 Å². The molecule has 0 spiro atoms. The predicted octanol–water partition coefficient (Wildman–Crippen LogP) is 2.73. The van der Waals surface area contributed by atoms with E-state index in [2.05, 4.69) is 31.0 Å². The number of likely N-dealkylation sites (tertiary alicyclic amines) is 1. The topological polar surface area (TPSA) is 52.6 Å². The maximum atomic E-state index is 11.6. The molecule has 2 N–H and O–H groups in total. The standard InChI is InChI=1S/C17H32N2O2/c1-12-10-13(2)14(3)19(11-12)9-5-8-17(4,16(20)21)18-15-6-7-15/h12-15,18H,5-11H2,1-4H3,(H,20,21). The summed E-state index contributed by atoms with van der Waals surface area (Å²) in [6.07, 6.45) is 5.23. The molecule has 4 heteroatoms.